The third-order valence-electron chi connectivity index (χ3n) is 8.53. The molecule has 274 valence electrons. The van der Waals surface area contributed by atoms with E-state index < -0.39 is 58.4 Å². The summed E-state index contributed by atoms with van der Waals surface area (Å²) in [5.41, 5.74) is 6.32. The van der Waals surface area contributed by atoms with Crippen LogP contribution >= 0.6 is 23.2 Å². The van der Waals surface area contributed by atoms with Crippen molar-refractivity contribution in [1.82, 2.24) is 14.5 Å². The molecule has 0 saturated carbocycles. The first-order valence-electron chi connectivity index (χ1n) is 15.5. The number of amides is 2. The number of hydrogen-bond donors (Lipinski definition) is 4. The smallest absolute Gasteiger partial charge is 0.262 e. The molecule has 0 atom stereocenters. The number of fused-ring (bicyclic) bond motifs is 2. The molecule has 2 heterocycles. The van der Waals surface area contributed by atoms with Gasteiger partial charge in [0.25, 0.3) is 11.8 Å². The van der Waals surface area contributed by atoms with E-state index in [0.717, 1.165) is 21.3 Å². The first-order chi connectivity index (χ1) is 25.0. The number of phenolic OH excluding ortho intramolecular Hbond substituents is 2. The van der Waals surface area contributed by atoms with Crippen molar-refractivity contribution in [3.8, 4) is 11.5 Å². The molecule has 6 rings (SSSR count). The molecule has 0 fully saturated rings. The van der Waals surface area contributed by atoms with Crippen molar-refractivity contribution in [2.24, 2.45) is 5.73 Å². The van der Waals surface area contributed by atoms with Crippen LogP contribution in [0.5, 0.6) is 11.5 Å². The molecule has 53 heavy (non-hydrogen) atoms. The molecular formula is C37H28Cl2F4N4O6. The van der Waals surface area contributed by atoms with Gasteiger partial charge in [0.1, 0.15) is 0 Å². The van der Waals surface area contributed by atoms with Gasteiger partial charge < -0.3 is 21.3 Å². The molecule has 0 spiro atoms. The molecule has 0 radical (unpaired) electrons. The number of aromatic nitrogens is 2. The Balaban J connectivity index is 0.000000204. The summed E-state index contributed by atoms with van der Waals surface area (Å²) < 4.78 is 59.2. The second-order valence-corrected chi connectivity index (χ2v) is 12.6. The minimum absolute atomic E-state index is 0.0702. The lowest BCUT2D eigenvalue weighted by molar-refractivity contribution is -0.120. The predicted octanol–water partition coefficient (Wildman–Crippen LogP) is 6.87. The lowest BCUT2D eigenvalue weighted by Gasteiger charge is -2.08. The molecule has 4 aromatic carbocycles. The summed E-state index contributed by atoms with van der Waals surface area (Å²) >= 11 is 11.6. The van der Waals surface area contributed by atoms with Crippen LogP contribution in [0.1, 0.15) is 43.2 Å². The predicted molar refractivity (Wildman–Crippen MR) is 190 cm³/mol. The summed E-state index contributed by atoms with van der Waals surface area (Å²) in [5, 5.41) is 22.1. The Hall–Kier alpha value is -5.86. The SMILES string of the molecule is CNC(=O)Cc1c(C)n(C(=O)c2ccc(Cl)cc2)c2cc(F)c(O)c(F)c12.Cc1c(CC(N)=O)c2c(F)c(O)c(F)cc2n1C(=O)c1ccc(Cl)cc1. The van der Waals surface area contributed by atoms with E-state index in [1.807, 2.05) is 0 Å². The van der Waals surface area contributed by atoms with E-state index in [9.17, 15) is 47.0 Å². The summed E-state index contributed by atoms with van der Waals surface area (Å²) in [6, 6.07) is 13.7. The third-order valence-corrected chi connectivity index (χ3v) is 9.04. The molecule has 2 aromatic heterocycles. The van der Waals surface area contributed by atoms with Gasteiger partial charge >= 0.3 is 0 Å². The van der Waals surface area contributed by atoms with Gasteiger partial charge in [0.2, 0.25) is 11.8 Å². The number of halogens is 6. The minimum Gasteiger partial charge on any atom is -0.503 e. The standard InChI is InChI=1S/C19H15ClF2N2O3.C18H13ClF2N2O3/c1-9-12(7-15(25)23-2)16-14(8-13(21)18(26)17(16)22)24(9)19(27)10-3-5-11(20)6-4-10;1-8-11(6-14(22)24)15-13(7-12(20)17(25)16(15)21)23(8)18(26)9-2-4-10(19)5-3-9/h3-6,8,26H,7H2,1-2H3,(H,23,25);2-5,7,25H,6H2,1H3,(H2,22,24). The fourth-order valence-corrected chi connectivity index (χ4v) is 6.19. The number of phenols is 2. The zero-order valence-electron chi connectivity index (χ0n) is 28.0. The summed E-state index contributed by atoms with van der Waals surface area (Å²) in [7, 11) is 1.42. The zero-order chi connectivity index (χ0) is 39.0. The maximum absolute atomic E-state index is 14.6. The Morgan fingerprint density at radius 3 is 1.38 bits per heavy atom. The van der Waals surface area contributed by atoms with E-state index in [1.165, 1.54) is 69.4 Å². The highest BCUT2D eigenvalue weighted by Crippen LogP contribution is 2.37. The normalized spacial score (nSPS) is 11.0. The molecule has 0 aliphatic rings. The van der Waals surface area contributed by atoms with Crippen LogP contribution < -0.4 is 11.1 Å². The highest BCUT2D eigenvalue weighted by atomic mass is 35.5. The number of hydrogen-bond acceptors (Lipinski definition) is 6. The highest BCUT2D eigenvalue weighted by molar-refractivity contribution is 6.31. The minimum atomic E-state index is -1.25. The van der Waals surface area contributed by atoms with Crippen LogP contribution in [0, 0.1) is 37.1 Å². The molecule has 0 unspecified atom stereocenters. The van der Waals surface area contributed by atoms with Crippen molar-refractivity contribution < 1.29 is 47.0 Å². The van der Waals surface area contributed by atoms with Gasteiger partial charge in [-0.25, -0.2) is 17.6 Å². The number of nitrogens with zero attached hydrogens (tertiary/aromatic N) is 2. The molecule has 6 aromatic rings. The molecule has 10 nitrogen and oxygen atoms in total. The van der Waals surface area contributed by atoms with Gasteiger partial charge in [0, 0.05) is 62.5 Å². The van der Waals surface area contributed by atoms with E-state index in [-0.39, 0.29) is 68.3 Å². The molecule has 0 aliphatic heterocycles. The second-order valence-electron chi connectivity index (χ2n) is 11.7. The van der Waals surface area contributed by atoms with Gasteiger partial charge in [-0.05, 0) is 73.5 Å². The van der Waals surface area contributed by atoms with Gasteiger partial charge in [-0.3, -0.25) is 28.3 Å². The Morgan fingerprint density at radius 1 is 0.679 bits per heavy atom. The number of carbonyl (C=O) groups is 4. The molecule has 0 saturated heterocycles. The number of benzene rings is 4. The largest absolute Gasteiger partial charge is 0.503 e. The summed E-state index contributed by atoms with van der Waals surface area (Å²) in [6.07, 6.45) is -0.604. The van der Waals surface area contributed by atoms with Crippen molar-refractivity contribution in [2.45, 2.75) is 26.7 Å². The average molecular weight is 772 g/mol. The molecular weight excluding hydrogens is 743 g/mol. The lowest BCUT2D eigenvalue weighted by Crippen LogP contribution is -2.21. The van der Waals surface area contributed by atoms with E-state index in [2.05, 4.69) is 5.32 Å². The number of aromatic hydroxyl groups is 2. The van der Waals surface area contributed by atoms with Crippen LogP contribution in [0.2, 0.25) is 10.0 Å². The maximum Gasteiger partial charge on any atom is 0.262 e. The second kappa shape index (κ2) is 15.0. The first kappa shape index (κ1) is 38.4. The summed E-state index contributed by atoms with van der Waals surface area (Å²) in [4.78, 5) is 49.1. The molecule has 0 aliphatic carbocycles. The molecule has 16 heteroatoms. The lowest BCUT2D eigenvalue weighted by atomic mass is 10.1. The number of rotatable bonds is 6. The van der Waals surface area contributed by atoms with Gasteiger partial charge in [-0.1, -0.05) is 23.2 Å². The monoisotopic (exact) mass is 770 g/mol. The van der Waals surface area contributed by atoms with Crippen LogP contribution in [0.15, 0.2) is 60.7 Å². The number of carbonyl (C=O) groups excluding carboxylic acids is 4. The molecule has 5 N–H and O–H groups in total. The van der Waals surface area contributed by atoms with Crippen molar-refractivity contribution >= 4 is 68.6 Å². The summed E-state index contributed by atoms with van der Waals surface area (Å²) in [5.74, 6) is -9.50. The highest BCUT2D eigenvalue weighted by Gasteiger charge is 2.28. The Kier molecular flexibility index (Phi) is 10.9. The van der Waals surface area contributed by atoms with E-state index in [1.54, 1.807) is 0 Å². The topological polar surface area (TPSA) is 157 Å². The summed E-state index contributed by atoms with van der Waals surface area (Å²) in [6.45, 7) is 3.01. The van der Waals surface area contributed by atoms with E-state index >= 15 is 0 Å². The fraction of sp³-hybridized carbons (Fsp3) is 0.135. The Morgan fingerprint density at radius 2 is 1.04 bits per heavy atom. The maximum atomic E-state index is 14.6. The average Bonchev–Trinajstić information content (AvgIpc) is 3.54. The van der Waals surface area contributed by atoms with Crippen LogP contribution in [-0.2, 0) is 22.4 Å². The zero-order valence-corrected chi connectivity index (χ0v) is 29.5. The first-order valence-corrected chi connectivity index (χ1v) is 16.2. The number of nitrogens with two attached hydrogens (primary N) is 1. The van der Waals surface area contributed by atoms with E-state index in [0.29, 0.717) is 10.0 Å². The van der Waals surface area contributed by atoms with Gasteiger partial charge in [-0.15, -0.1) is 0 Å². The third kappa shape index (κ3) is 7.15. The van der Waals surface area contributed by atoms with Gasteiger partial charge in [0.05, 0.1) is 23.9 Å². The van der Waals surface area contributed by atoms with Crippen molar-refractivity contribution in [2.75, 3.05) is 7.05 Å². The van der Waals surface area contributed by atoms with Crippen molar-refractivity contribution in [1.29, 1.82) is 0 Å². The van der Waals surface area contributed by atoms with Crippen LogP contribution in [-0.4, -0.2) is 50.0 Å². The molecule has 2 amide bonds. The Bertz CT molecular complexity index is 2480. The number of likely N-dealkylation sites (N-methyl/N-ethyl adjacent to an activating group) is 1. The van der Waals surface area contributed by atoms with Crippen molar-refractivity contribution in [3.05, 3.63) is 128 Å². The Labute approximate surface area is 307 Å². The van der Waals surface area contributed by atoms with Crippen LogP contribution in [0.25, 0.3) is 21.8 Å². The van der Waals surface area contributed by atoms with Crippen LogP contribution in [0.4, 0.5) is 17.6 Å². The quantitative estimate of drug-likeness (QED) is 0.136. The van der Waals surface area contributed by atoms with Crippen molar-refractivity contribution in [3.63, 3.8) is 0 Å². The van der Waals surface area contributed by atoms with Crippen LogP contribution in [0.3, 0.4) is 0 Å². The number of primary amides is 1. The van der Waals surface area contributed by atoms with E-state index in [4.69, 9.17) is 28.9 Å². The fourth-order valence-electron chi connectivity index (χ4n) is 5.93. The van der Waals surface area contributed by atoms with Gasteiger partial charge in [-0.2, -0.15) is 0 Å². The number of nitrogens with one attached hydrogen (secondary N) is 1. The van der Waals surface area contributed by atoms with Gasteiger partial charge in [0.15, 0.2) is 34.8 Å². The molecule has 0 bridgehead atoms.